The summed E-state index contributed by atoms with van der Waals surface area (Å²) in [6.45, 7) is -3.99. The third-order valence-corrected chi connectivity index (χ3v) is 7.93. The molecule has 1 aliphatic heterocycles. The predicted octanol–water partition coefficient (Wildman–Crippen LogP) is 3.20. The van der Waals surface area contributed by atoms with E-state index in [4.69, 9.17) is 9.47 Å². The first kappa shape index (κ1) is 25.7. The van der Waals surface area contributed by atoms with Crippen molar-refractivity contribution in [1.29, 1.82) is 0 Å². The third kappa shape index (κ3) is 5.08. The third-order valence-electron chi connectivity index (χ3n) is 6.01. The van der Waals surface area contributed by atoms with E-state index < -0.39 is 40.9 Å². The maximum Gasteiger partial charge on any atom is 0.346 e. The first-order valence-corrected chi connectivity index (χ1v) is 12.6. The van der Waals surface area contributed by atoms with Gasteiger partial charge in [-0.25, -0.2) is 8.42 Å². The average molecular weight is 519 g/mol. The van der Waals surface area contributed by atoms with Crippen molar-refractivity contribution in [3.8, 4) is 0 Å². The van der Waals surface area contributed by atoms with Crippen molar-refractivity contribution >= 4 is 16.0 Å². The molecule has 190 valence electrons. The smallest absolute Gasteiger partial charge is 0.346 e. The number of carbonyl (C=O) groups excluding carboxylic acids is 1. The molecule has 11 heteroatoms. The number of sulfonamides is 1. The number of carbonyl (C=O) groups is 1. The fourth-order valence-electron chi connectivity index (χ4n) is 4.33. The standard InChI is InChI=1S/C25H24F2N2O6S/c26-24(27)35-25(19-10-3-1-4-11-19,22-15-7-8-16-28(22)31)18-34-23(30)21-14-9-17-29(21)36(32,33)20-12-5-2-6-13-20/h1-8,10-13,15-16,21,24H,9,14,17-18H2. The molecule has 1 fully saturated rings. The van der Waals surface area contributed by atoms with Crippen LogP contribution >= 0.6 is 0 Å². The fourth-order valence-corrected chi connectivity index (χ4v) is 6.00. The monoisotopic (exact) mass is 518 g/mol. The van der Waals surface area contributed by atoms with E-state index in [2.05, 4.69) is 0 Å². The topological polar surface area (TPSA) is 99.8 Å². The minimum atomic E-state index is -3.99. The van der Waals surface area contributed by atoms with Gasteiger partial charge in [-0.3, -0.25) is 9.53 Å². The maximum absolute atomic E-state index is 13.7. The molecule has 0 spiro atoms. The average Bonchev–Trinajstić information content (AvgIpc) is 3.39. The number of halogens is 2. The number of hydrogen-bond acceptors (Lipinski definition) is 6. The van der Waals surface area contributed by atoms with Crippen LogP contribution in [-0.4, -0.2) is 44.5 Å². The number of pyridine rings is 1. The van der Waals surface area contributed by atoms with Crippen LogP contribution in [0.1, 0.15) is 24.1 Å². The SMILES string of the molecule is O=C(OCC(OC(F)F)(c1ccccc1)c1cccc[n+]1[O-])C1CCCN1S(=O)(=O)c1ccccc1. The van der Waals surface area contributed by atoms with E-state index in [0.29, 0.717) is 11.2 Å². The van der Waals surface area contributed by atoms with Gasteiger partial charge < -0.3 is 9.94 Å². The summed E-state index contributed by atoms with van der Waals surface area (Å²) in [4.78, 5) is 13.2. The number of ether oxygens (including phenoxy) is 2. The molecule has 36 heavy (non-hydrogen) atoms. The molecule has 1 aliphatic rings. The lowest BCUT2D eigenvalue weighted by atomic mass is 9.90. The van der Waals surface area contributed by atoms with E-state index in [1.807, 2.05) is 0 Å². The van der Waals surface area contributed by atoms with Crippen molar-refractivity contribution in [2.75, 3.05) is 13.2 Å². The van der Waals surface area contributed by atoms with Crippen LogP contribution in [0.4, 0.5) is 8.78 Å². The number of benzene rings is 2. The van der Waals surface area contributed by atoms with E-state index in [9.17, 15) is 27.2 Å². The minimum Gasteiger partial charge on any atom is -0.618 e. The van der Waals surface area contributed by atoms with Crippen molar-refractivity contribution in [3.63, 3.8) is 0 Å². The second-order valence-electron chi connectivity index (χ2n) is 8.18. The molecular weight excluding hydrogens is 494 g/mol. The highest BCUT2D eigenvalue weighted by atomic mass is 32.2. The van der Waals surface area contributed by atoms with Gasteiger partial charge in [0.25, 0.3) is 0 Å². The number of nitrogens with zero attached hydrogens (tertiary/aromatic N) is 2. The second-order valence-corrected chi connectivity index (χ2v) is 10.1. The molecule has 1 saturated heterocycles. The van der Waals surface area contributed by atoms with Gasteiger partial charge >= 0.3 is 12.6 Å². The van der Waals surface area contributed by atoms with Crippen molar-refractivity contribution < 1.29 is 36.2 Å². The van der Waals surface area contributed by atoms with Crippen molar-refractivity contribution in [3.05, 3.63) is 102 Å². The first-order valence-electron chi connectivity index (χ1n) is 11.2. The Morgan fingerprint density at radius 3 is 2.33 bits per heavy atom. The molecule has 8 nitrogen and oxygen atoms in total. The van der Waals surface area contributed by atoms with Gasteiger partial charge in [0.1, 0.15) is 12.6 Å². The van der Waals surface area contributed by atoms with Gasteiger partial charge in [0.05, 0.1) is 4.90 Å². The molecule has 0 aliphatic carbocycles. The molecular formula is C25H24F2N2O6S. The zero-order valence-electron chi connectivity index (χ0n) is 19.1. The van der Waals surface area contributed by atoms with Crippen LogP contribution < -0.4 is 4.73 Å². The molecule has 0 N–H and O–H groups in total. The van der Waals surface area contributed by atoms with Crippen LogP contribution in [-0.2, 0) is 29.9 Å². The van der Waals surface area contributed by atoms with Crippen LogP contribution in [0.25, 0.3) is 0 Å². The molecule has 0 bridgehead atoms. The van der Waals surface area contributed by atoms with Gasteiger partial charge in [0.15, 0.2) is 6.20 Å². The zero-order valence-corrected chi connectivity index (χ0v) is 19.9. The summed E-state index contributed by atoms with van der Waals surface area (Å²) in [5.74, 6) is -0.918. The van der Waals surface area contributed by atoms with Gasteiger partial charge in [-0.1, -0.05) is 48.5 Å². The molecule has 3 aromatic rings. The van der Waals surface area contributed by atoms with Gasteiger partial charge in [-0.2, -0.15) is 17.8 Å². The summed E-state index contributed by atoms with van der Waals surface area (Å²) in [6, 6.07) is 18.5. The summed E-state index contributed by atoms with van der Waals surface area (Å²) >= 11 is 0. The number of rotatable bonds is 9. The lowest BCUT2D eigenvalue weighted by molar-refractivity contribution is -0.623. The molecule has 2 atom stereocenters. The van der Waals surface area contributed by atoms with Gasteiger partial charge in [-0.05, 0) is 36.6 Å². The second kappa shape index (κ2) is 10.7. The predicted molar refractivity (Wildman–Crippen MR) is 124 cm³/mol. The van der Waals surface area contributed by atoms with E-state index in [1.54, 1.807) is 36.4 Å². The summed E-state index contributed by atoms with van der Waals surface area (Å²) < 4.78 is 65.6. The van der Waals surface area contributed by atoms with Crippen LogP contribution in [0.2, 0.25) is 0 Å². The molecule has 2 heterocycles. The van der Waals surface area contributed by atoms with E-state index >= 15 is 0 Å². The highest BCUT2D eigenvalue weighted by molar-refractivity contribution is 7.89. The van der Waals surface area contributed by atoms with E-state index in [-0.39, 0.29) is 29.1 Å². The van der Waals surface area contributed by atoms with Crippen molar-refractivity contribution in [2.24, 2.45) is 0 Å². The Kier molecular flexibility index (Phi) is 7.62. The maximum atomic E-state index is 13.7. The van der Waals surface area contributed by atoms with Crippen molar-refractivity contribution in [2.45, 2.75) is 36.0 Å². The highest BCUT2D eigenvalue weighted by Gasteiger charge is 2.48. The molecule has 2 unspecified atom stereocenters. The molecule has 4 rings (SSSR count). The fraction of sp³-hybridized carbons (Fsp3) is 0.280. The molecule has 1 aromatic heterocycles. The number of alkyl halides is 2. The molecule has 2 aromatic carbocycles. The van der Waals surface area contributed by atoms with Crippen LogP contribution in [0.15, 0.2) is 90.0 Å². The van der Waals surface area contributed by atoms with E-state index in [0.717, 1.165) is 10.5 Å². The quantitative estimate of drug-likeness (QED) is 0.245. The molecule has 0 saturated carbocycles. The Labute approximate surface area is 207 Å². The molecule has 0 radical (unpaired) electrons. The Bertz CT molecular complexity index is 1290. The number of hydrogen-bond donors (Lipinski definition) is 0. The van der Waals surface area contributed by atoms with Gasteiger partial charge in [0, 0.05) is 18.7 Å². The highest BCUT2D eigenvalue weighted by Crippen LogP contribution is 2.35. The van der Waals surface area contributed by atoms with Crippen LogP contribution in [0, 0.1) is 5.21 Å². The lowest BCUT2D eigenvalue weighted by Crippen LogP contribution is -2.49. The van der Waals surface area contributed by atoms with Gasteiger partial charge in [0.2, 0.25) is 21.3 Å². The Morgan fingerprint density at radius 1 is 1.06 bits per heavy atom. The number of aromatic nitrogens is 1. The minimum absolute atomic E-state index is 0.0287. The Balaban J connectivity index is 1.66. The summed E-state index contributed by atoms with van der Waals surface area (Å²) in [7, 11) is -3.99. The Hall–Kier alpha value is -3.41. The Morgan fingerprint density at radius 2 is 1.69 bits per heavy atom. The largest absolute Gasteiger partial charge is 0.618 e. The lowest BCUT2D eigenvalue weighted by Gasteiger charge is -2.32. The first-order chi connectivity index (χ1) is 17.3. The summed E-state index contributed by atoms with van der Waals surface area (Å²) in [5, 5.41) is 12.6. The zero-order chi connectivity index (χ0) is 25.8. The normalized spacial score (nSPS) is 18.1. The summed E-state index contributed by atoms with van der Waals surface area (Å²) in [6.07, 6.45) is 1.74. The summed E-state index contributed by atoms with van der Waals surface area (Å²) in [5.41, 5.74) is -2.20. The van der Waals surface area contributed by atoms with Crippen LogP contribution in [0.3, 0.4) is 0 Å². The van der Waals surface area contributed by atoms with Crippen LogP contribution in [0.5, 0.6) is 0 Å². The molecule has 0 amide bonds. The van der Waals surface area contributed by atoms with E-state index in [1.165, 1.54) is 42.5 Å². The van der Waals surface area contributed by atoms with Gasteiger partial charge in [-0.15, -0.1) is 0 Å². The number of esters is 1. The van der Waals surface area contributed by atoms with Crippen molar-refractivity contribution in [1.82, 2.24) is 4.31 Å².